The number of nitrogens with one attached hydrogen (secondary N) is 3. The van der Waals surface area contributed by atoms with Crippen molar-refractivity contribution in [2.75, 3.05) is 18.8 Å². The molecule has 0 unspecified atom stereocenters. The van der Waals surface area contributed by atoms with Crippen LogP contribution >= 0.6 is 0 Å². The van der Waals surface area contributed by atoms with Crippen LogP contribution in [0.1, 0.15) is 48.6 Å². The minimum Gasteiger partial charge on any atom is -0.381 e. The lowest BCUT2D eigenvalue weighted by Gasteiger charge is -2.12. The van der Waals surface area contributed by atoms with Crippen LogP contribution < -0.4 is 16.4 Å². The second-order valence-corrected chi connectivity index (χ2v) is 6.54. The van der Waals surface area contributed by atoms with Gasteiger partial charge in [-0.25, -0.2) is 4.99 Å². The third kappa shape index (κ3) is 6.66. The highest BCUT2D eigenvalue weighted by molar-refractivity contribution is 5.79. The summed E-state index contributed by atoms with van der Waals surface area (Å²) in [7, 11) is 0. The van der Waals surface area contributed by atoms with Crippen molar-refractivity contribution in [1.29, 1.82) is 5.26 Å². The van der Waals surface area contributed by atoms with Crippen LogP contribution in [0.5, 0.6) is 0 Å². The van der Waals surface area contributed by atoms with Crippen LogP contribution in [-0.2, 0) is 13.0 Å². The van der Waals surface area contributed by atoms with Gasteiger partial charge in [-0.05, 0) is 31.7 Å². The molecule has 2 aromatic rings. The fraction of sp³-hybridized carbons (Fsp3) is 0.450. The van der Waals surface area contributed by atoms with Gasteiger partial charge in [0.2, 0.25) is 0 Å². The number of anilines is 1. The number of unbranched alkanes of at least 4 members (excludes halogenated alkanes) is 1. The van der Waals surface area contributed by atoms with Gasteiger partial charge in [0.05, 0.1) is 12.2 Å². The van der Waals surface area contributed by atoms with Crippen molar-refractivity contribution in [2.24, 2.45) is 4.99 Å². The van der Waals surface area contributed by atoms with Crippen molar-refractivity contribution in [3.8, 4) is 6.07 Å². The molecule has 0 saturated heterocycles. The molecular formula is C20H29N7. The number of nitrogens with zero attached hydrogens (tertiary/aromatic N) is 3. The Morgan fingerprint density at radius 1 is 1.22 bits per heavy atom. The number of rotatable bonds is 9. The number of nitriles is 1. The van der Waals surface area contributed by atoms with Crippen LogP contribution in [0.2, 0.25) is 0 Å². The number of hydrogen-bond acceptors (Lipinski definition) is 4. The van der Waals surface area contributed by atoms with Crippen LogP contribution in [0.3, 0.4) is 0 Å². The van der Waals surface area contributed by atoms with E-state index in [4.69, 9.17) is 11.0 Å². The molecule has 0 bridgehead atoms. The van der Waals surface area contributed by atoms with Crippen molar-refractivity contribution >= 4 is 11.8 Å². The quantitative estimate of drug-likeness (QED) is 0.309. The molecule has 1 aromatic carbocycles. The number of aryl methyl sites for hydroxylation is 2. The minimum absolute atomic E-state index is 0.266. The maximum absolute atomic E-state index is 9.11. The molecule has 0 fully saturated rings. The summed E-state index contributed by atoms with van der Waals surface area (Å²) < 4.78 is 0. The van der Waals surface area contributed by atoms with Gasteiger partial charge in [0.15, 0.2) is 11.8 Å². The molecule has 2 rings (SSSR count). The van der Waals surface area contributed by atoms with E-state index in [-0.39, 0.29) is 5.82 Å². The molecule has 7 nitrogen and oxygen atoms in total. The van der Waals surface area contributed by atoms with Gasteiger partial charge in [0.1, 0.15) is 11.6 Å². The molecule has 1 aromatic heterocycles. The van der Waals surface area contributed by atoms with Crippen molar-refractivity contribution in [3.05, 3.63) is 46.6 Å². The Morgan fingerprint density at radius 2 is 1.93 bits per heavy atom. The monoisotopic (exact) mass is 367 g/mol. The van der Waals surface area contributed by atoms with Crippen LogP contribution in [-0.4, -0.2) is 29.2 Å². The SMILES string of the molecule is CCCCNC(=NCc1ccc(C)cc1)NCCCc1[nH]nc(N)c1C#N. The Balaban J connectivity index is 1.86. The average Bonchev–Trinajstić information content (AvgIpc) is 3.03. The molecule has 1 heterocycles. The van der Waals surface area contributed by atoms with Gasteiger partial charge in [0.25, 0.3) is 0 Å². The normalized spacial score (nSPS) is 11.2. The van der Waals surface area contributed by atoms with E-state index in [1.165, 1.54) is 11.1 Å². The zero-order valence-electron chi connectivity index (χ0n) is 16.2. The van der Waals surface area contributed by atoms with Crippen LogP contribution in [0.15, 0.2) is 29.3 Å². The number of guanidine groups is 1. The standard InChI is InChI=1S/C20H29N7/c1-3-4-11-23-20(25-14-16-9-7-15(2)8-10-16)24-12-5-6-18-17(13-21)19(22)27-26-18/h7-10H,3-6,11-12,14H2,1-2H3,(H3,22,26,27)(H2,23,24,25). The van der Waals surface area contributed by atoms with Crippen LogP contribution in [0.4, 0.5) is 5.82 Å². The summed E-state index contributed by atoms with van der Waals surface area (Å²) in [6.45, 7) is 6.53. The molecule has 0 radical (unpaired) electrons. The van der Waals surface area contributed by atoms with Gasteiger partial charge in [-0.3, -0.25) is 5.10 Å². The maximum atomic E-state index is 9.11. The summed E-state index contributed by atoms with van der Waals surface area (Å²) in [5.74, 6) is 1.08. The third-order valence-electron chi connectivity index (χ3n) is 4.24. The lowest BCUT2D eigenvalue weighted by Crippen LogP contribution is -2.38. The molecule has 0 saturated carbocycles. The highest BCUT2D eigenvalue weighted by atomic mass is 15.2. The first-order valence-corrected chi connectivity index (χ1v) is 9.44. The summed E-state index contributed by atoms with van der Waals surface area (Å²) in [6, 6.07) is 10.5. The van der Waals surface area contributed by atoms with Gasteiger partial charge < -0.3 is 16.4 Å². The second kappa shape index (κ2) is 10.9. The number of benzene rings is 1. The Kier molecular flexibility index (Phi) is 8.17. The fourth-order valence-corrected chi connectivity index (χ4v) is 2.59. The van der Waals surface area contributed by atoms with Gasteiger partial charge in [0, 0.05) is 13.1 Å². The van der Waals surface area contributed by atoms with Crippen LogP contribution in [0.25, 0.3) is 0 Å². The van der Waals surface area contributed by atoms with Gasteiger partial charge in [-0.2, -0.15) is 10.4 Å². The summed E-state index contributed by atoms with van der Waals surface area (Å²) in [6.07, 6.45) is 3.79. The first kappa shape index (κ1) is 20.3. The van der Waals surface area contributed by atoms with E-state index in [9.17, 15) is 0 Å². The van der Waals surface area contributed by atoms with E-state index in [2.05, 4.69) is 70.0 Å². The summed E-state index contributed by atoms with van der Waals surface area (Å²) in [5, 5.41) is 22.6. The molecule has 0 aliphatic rings. The van der Waals surface area contributed by atoms with Crippen molar-refractivity contribution in [2.45, 2.75) is 46.1 Å². The maximum Gasteiger partial charge on any atom is 0.191 e. The number of hydrogen-bond donors (Lipinski definition) is 4. The second-order valence-electron chi connectivity index (χ2n) is 6.54. The van der Waals surface area contributed by atoms with Crippen molar-refractivity contribution in [3.63, 3.8) is 0 Å². The van der Waals surface area contributed by atoms with Gasteiger partial charge >= 0.3 is 0 Å². The zero-order valence-corrected chi connectivity index (χ0v) is 16.2. The van der Waals surface area contributed by atoms with E-state index in [1.54, 1.807) is 0 Å². The Morgan fingerprint density at radius 3 is 2.59 bits per heavy atom. The number of nitrogens with two attached hydrogens (primary N) is 1. The predicted molar refractivity (Wildman–Crippen MR) is 109 cm³/mol. The topological polar surface area (TPSA) is 115 Å². The number of aromatic amines is 1. The molecule has 144 valence electrons. The summed E-state index contributed by atoms with van der Waals surface area (Å²) in [5.41, 5.74) is 9.33. The highest BCUT2D eigenvalue weighted by Gasteiger charge is 2.09. The molecule has 7 heteroatoms. The molecule has 27 heavy (non-hydrogen) atoms. The minimum atomic E-state index is 0.266. The largest absolute Gasteiger partial charge is 0.381 e. The Labute approximate surface area is 161 Å². The number of aliphatic imine (C=N–C) groups is 1. The van der Waals surface area contributed by atoms with E-state index >= 15 is 0 Å². The molecule has 0 amide bonds. The van der Waals surface area contributed by atoms with Gasteiger partial charge in [-0.15, -0.1) is 0 Å². The average molecular weight is 368 g/mol. The molecule has 0 aliphatic heterocycles. The van der Waals surface area contributed by atoms with Gasteiger partial charge in [-0.1, -0.05) is 43.2 Å². The van der Waals surface area contributed by atoms with E-state index < -0.39 is 0 Å². The number of H-pyrrole nitrogens is 1. The lowest BCUT2D eigenvalue weighted by atomic mass is 10.1. The zero-order chi connectivity index (χ0) is 19.5. The van der Waals surface area contributed by atoms with E-state index in [0.717, 1.165) is 44.0 Å². The van der Waals surface area contributed by atoms with Crippen molar-refractivity contribution < 1.29 is 0 Å². The van der Waals surface area contributed by atoms with E-state index in [1.807, 2.05) is 0 Å². The molecular weight excluding hydrogens is 338 g/mol. The highest BCUT2D eigenvalue weighted by Crippen LogP contribution is 2.12. The number of aromatic nitrogens is 2. The first-order chi connectivity index (χ1) is 13.1. The Hall–Kier alpha value is -3.01. The van der Waals surface area contributed by atoms with E-state index in [0.29, 0.717) is 18.5 Å². The predicted octanol–water partition coefficient (Wildman–Crippen LogP) is 2.64. The van der Waals surface area contributed by atoms with Crippen LogP contribution in [0, 0.1) is 18.3 Å². The molecule has 5 N–H and O–H groups in total. The molecule has 0 spiro atoms. The fourth-order valence-electron chi connectivity index (χ4n) is 2.59. The third-order valence-corrected chi connectivity index (χ3v) is 4.24. The lowest BCUT2D eigenvalue weighted by molar-refractivity contribution is 0.702. The molecule has 0 aliphatic carbocycles. The Bertz CT molecular complexity index is 769. The first-order valence-electron chi connectivity index (χ1n) is 9.44. The summed E-state index contributed by atoms with van der Waals surface area (Å²) in [4.78, 5) is 4.68. The number of nitrogen functional groups attached to an aromatic ring is 1. The summed E-state index contributed by atoms with van der Waals surface area (Å²) >= 11 is 0. The smallest absolute Gasteiger partial charge is 0.191 e. The van der Waals surface area contributed by atoms with Crippen molar-refractivity contribution in [1.82, 2.24) is 20.8 Å². The molecule has 0 atom stereocenters.